The number of halogens is 2. The average Bonchev–Trinajstić information content (AvgIpc) is 2.99. The SMILES string of the molecule is CCCCCCOc1c(F)cc(F)cc1-c1nc2ccccc2[nH]1. The molecule has 1 heterocycles. The van der Waals surface area contributed by atoms with Gasteiger partial charge in [-0.2, -0.15) is 0 Å². The monoisotopic (exact) mass is 330 g/mol. The van der Waals surface area contributed by atoms with Crippen LogP contribution in [0.25, 0.3) is 22.4 Å². The van der Waals surface area contributed by atoms with Crippen molar-refractivity contribution >= 4 is 11.0 Å². The van der Waals surface area contributed by atoms with Gasteiger partial charge in [-0.25, -0.2) is 13.8 Å². The number of nitrogens with one attached hydrogen (secondary N) is 1. The fourth-order valence-corrected chi connectivity index (χ4v) is 2.67. The van der Waals surface area contributed by atoms with Crippen LogP contribution in [0.5, 0.6) is 5.75 Å². The van der Waals surface area contributed by atoms with Crippen LogP contribution in [0.15, 0.2) is 36.4 Å². The number of aromatic amines is 1. The molecule has 0 fully saturated rings. The fourth-order valence-electron chi connectivity index (χ4n) is 2.67. The Balaban J connectivity index is 1.90. The van der Waals surface area contributed by atoms with Crippen molar-refractivity contribution < 1.29 is 13.5 Å². The van der Waals surface area contributed by atoms with Crippen molar-refractivity contribution in [2.75, 3.05) is 6.61 Å². The molecule has 0 saturated carbocycles. The van der Waals surface area contributed by atoms with Crippen molar-refractivity contribution in [1.29, 1.82) is 0 Å². The van der Waals surface area contributed by atoms with E-state index < -0.39 is 11.6 Å². The van der Waals surface area contributed by atoms with E-state index in [1.54, 1.807) is 0 Å². The fraction of sp³-hybridized carbons (Fsp3) is 0.316. The molecule has 0 spiro atoms. The van der Waals surface area contributed by atoms with E-state index in [1.807, 2.05) is 24.3 Å². The molecule has 0 aliphatic carbocycles. The minimum Gasteiger partial charge on any atom is -0.490 e. The number of benzene rings is 2. The molecule has 3 nitrogen and oxygen atoms in total. The second kappa shape index (κ2) is 7.43. The third kappa shape index (κ3) is 3.55. The van der Waals surface area contributed by atoms with Gasteiger partial charge >= 0.3 is 0 Å². The Morgan fingerprint density at radius 2 is 1.92 bits per heavy atom. The molecule has 0 amide bonds. The largest absolute Gasteiger partial charge is 0.490 e. The number of aromatic nitrogens is 2. The summed E-state index contributed by atoms with van der Waals surface area (Å²) in [6.45, 7) is 2.52. The number of hydrogen-bond donors (Lipinski definition) is 1. The molecule has 0 bridgehead atoms. The van der Waals surface area contributed by atoms with E-state index in [9.17, 15) is 8.78 Å². The second-order valence-corrected chi connectivity index (χ2v) is 5.78. The lowest BCUT2D eigenvalue weighted by molar-refractivity contribution is 0.291. The molecule has 0 aliphatic rings. The predicted molar refractivity (Wildman–Crippen MR) is 91.1 cm³/mol. The van der Waals surface area contributed by atoms with Crippen molar-refractivity contribution in [2.45, 2.75) is 32.6 Å². The first-order valence-electron chi connectivity index (χ1n) is 8.26. The highest BCUT2D eigenvalue weighted by Crippen LogP contribution is 2.33. The highest BCUT2D eigenvalue weighted by Gasteiger charge is 2.17. The number of ether oxygens (including phenoxy) is 1. The third-order valence-electron chi connectivity index (χ3n) is 3.90. The highest BCUT2D eigenvalue weighted by atomic mass is 19.1. The lowest BCUT2D eigenvalue weighted by atomic mass is 10.1. The summed E-state index contributed by atoms with van der Waals surface area (Å²) in [6.07, 6.45) is 4.10. The molecule has 0 unspecified atom stereocenters. The predicted octanol–water partition coefficient (Wildman–Crippen LogP) is 5.47. The maximum Gasteiger partial charge on any atom is 0.168 e. The Hall–Kier alpha value is -2.43. The third-order valence-corrected chi connectivity index (χ3v) is 3.90. The number of unbranched alkanes of at least 4 members (excludes halogenated alkanes) is 3. The Morgan fingerprint density at radius 3 is 2.71 bits per heavy atom. The zero-order valence-corrected chi connectivity index (χ0v) is 13.6. The van der Waals surface area contributed by atoms with Gasteiger partial charge in [0.15, 0.2) is 11.6 Å². The van der Waals surface area contributed by atoms with Crippen LogP contribution in [0, 0.1) is 11.6 Å². The Morgan fingerprint density at radius 1 is 1.08 bits per heavy atom. The molecule has 5 heteroatoms. The summed E-state index contributed by atoms with van der Waals surface area (Å²) in [6, 6.07) is 9.55. The maximum absolute atomic E-state index is 14.2. The second-order valence-electron chi connectivity index (χ2n) is 5.78. The van der Waals surface area contributed by atoms with Crippen molar-refractivity contribution in [3.8, 4) is 17.1 Å². The Labute approximate surface area is 139 Å². The first-order chi connectivity index (χ1) is 11.7. The summed E-state index contributed by atoms with van der Waals surface area (Å²) in [5.74, 6) is -0.910. The van der Waals surface area contributed by atoms with Crippen LogP contribution in [-0.4, -0.2) is 16.6 Å². The van der Waals surface area contributed by atoms with Gasteiger partial charge in [0.05, 0.1) is 23.2 Å². The molecule has 3 aromatic rings. The van der Waals surface area contributed by atoms with Crippen molar-refractivity contribution in [3.63, 3.8) is 0 Å². The van der Waals surface area contributed by atoms with Crippen molar-refractivity contribution in [3.05, 3.63) is 48.0 Å². The van der Waals surface area contributed by atoms with Gasteiger partial charge in [-0.15, -0.1) is 0 Å². The van der Waals surface area contributed by atoms with Gasteiger partial charge in [0.25, 0.3) is 0 Å². The summed E-state index contributed by atoms with van der Waals surface area (Å²) in [4.78, 5) is 7.51. The van der Waals surface area contributed by atoms with Crippen LogP contribution in [0.3, 0.4) is 0 Å². The summed E-state index contributed by atoms with van der Waals surface area (Å²) < 4.78 is 33.5. The topological polar surface area (TPSA) is 37.9 Å². The molecule has 1 N–H and O–H groups in total. The van der Waals surface area contributed by atoms with Crippen LogP contribution in [0.2, 0.25) is 0 Å². The number of para-hydroxylation sites is 2. The van der Waals surface area contributed by atoms with E-state index in [2.05, 4.69) is 16.9 Å². The van der Waals surface area contributed by atoms with E-state index in [0.717, 1.165) is 42.8 Å². The summed E-state index contributed by atoms with van der Waals surface area (Å²) >= 11 is 0. The molecule has 0 radical (unpaired) electrons. The van der Waals surface area contributed by atoms with E-state index >= 15 is 0 Å². The molecule has 2 aromatic carbocycles. The molecule has 0 saturated heterocycles. The van der Waals surface area contributed by atoms with Gasteiger partial charge < -0.3 is 9.72 Å². The van der Waals surface area contributed by atoms with Crippen LogP contribution < -0.4 is 4.74 Å². The highest BCUT2D eigenvalue weighted by molar-refractivity contribution is 5.80. The molecular weight excluding hydrogens is 310 g/mol. The van der Waals surface area contributed by atoms with Gasteiger partial charge in [0, 0.05) is 6.07 Å². The molecule has 3 rings (SSSR count). The van der Waals surface area contributed by atoms with E-state index in [4.69, 9.17) is 4.74 Å². The van der Waals surface area contributed by atoms with Gasteiger partial charge in [-0.3, -0.25) is 0 Å². The molecule has 126 valence electrons. The summed E-state index contributed by atoms with van der Waals surface area (Å²) in [5, 5.41) is 0. The minimum atomic E-state index is -0.707. The van der Waals surface area contributed by atoms with Gasteiger partial charge in [0.2, 0.25) is 0 Å². The maximum atomic E-state index is 14.2. The normalized spacial score (nSPS) is 11.1. The quantitative estimate of drug-likeness (QED) is 0.584. The number of rotatable bonds is 7. The molecule has 1 aromatic heterocycles. The molecule has 0 atom stereocenters. The van der Waals surface area contributed by atoms with E-state index in [0.29, 0.717) is 18.0 Å². The Bertz CT molecular complexity index is 796. The first kappa shape index (κ1) is 16.4. The summed E-state index contributed by atoms with van der Waals surface area (Å²) in [7, 11) is 0. The smallest absolute Gasteiger partial charge is 0.168 e. The number of H-pyrrole nitrogens is 1. The van der Waals surface area contributed by atoms with Crippen LogP contribution >= 0.6 is 0 Å². The summed E-state index contributed by atoms with van der Waals surface area (Å²) in [5.41, 5.74) is 1.86. The number of hydrogen-bond acceptors (Lipinski definition) is 2. The number of imidazole rings is 1. The van der Waals surface area contributed by atoms with Crippen molar-refractivity contribution in [2.24, 2.45) is 0 Å². The van der Waals surface area contributed by atoms with Gasteiger partial charge in [-0.1, -0.05) is 38.3 Å². The molecule has 0 aliphatic heterocycles. The van der Waals surface area contributed by atoms with Crippen LogP contribution in [0.4, 0.5) is 8.78 Å². The van der Waals surface area contributed by atoms with E-state index in [-0.39, 0.29) is 5.75 Å². The van der Waals surface area contributed by atoms with Crippen LogP contribution in [-0.2, 0) is 0 Å². The molecular formula is C19H20F2N2O. The zero-order valence-electron chi connectivity index (χ0n) is 13.6. The van der Waals surface area contributed by atoms with E-state index in [1.165, 1.54) is 6.07 Å². The first-order valence-corrected chi connectivity index (χ1v) is 8.26. The zero-order chi connectivity index (χ0) is 16.9. The Kier molecular flexibility index (Phi) is 5.08. The number of nitrogens with zero attached hydrogens (tertiary/aromatic N) is 1. The standard InChI is InChI=1S/C19H20F2N2O/c1-2-3-4-7-10-24-18-14(11-13(20)12-15(18)21)19-22-16-8-5-6-9-17(16)23-19/h5-6,8-9,11-12H,2-4,7,10H2,1H3,(H,22,23). The minimum absolute atomic E-state index is 0.0481. The molecule has 24 heavy (non-hydrogen) atoms. The lowest BCUT2D eigenvalue weighted by Gasteiger charge is -2.11. The average molecular weight is 330 g/mol. The van der Waals surface area contributed by atoms with Crippen molar-refractivity contribution in [1.82, 2.24) is 9.97 Å². The van der Waals surface area contributed by atoms with Crippen LogP contribution in [0.1, 0.15) is 32.6 Å². The van der Waals surface area contributed by atoms with Gasteiger partial charge in [-0.05, 0) is 24.6 Å². The number of fused-ring (bicyclic) bond motifs is 1. The van der Waals surface area contributed by atoms with Gasteiger partial charge in [0.1, 0.15) is 11.6 Å². The lowest BCUT2D eigenvalue weighted by Crippen LogP contribution is -2.02.